The van der Waals surface area contributed by atoms with Crippen LogP contribution in [0.4, 0.5) is 4.79 Å². The second kappa shape index (κ2) is 12.1. The number of hydrogen-bond donors (Lipinski definition) is 2. The van der Waals surface area contributed by atoms with Crippen LogP contribution in [-0.4, -0.2) is 53.7 Å². The van der Waals surface area contributed by atoms with Gasteiger partial charge in [0.05, 0.1) is 13.0 Å². The summed E-state index contributed by atoms with van der Waals surface area (Å²) in [5.41, 5.74) is 3.10. The number of urea groups is 1. The highest BCUT2D eigenvalue weighted by Crippen LogP contribution is 2.22. The second-order valence-corrected chi connectivity index (χ2v) is 8.43. The molecule has 0 unspecified atom stereocenters. The van der Waals surface area contributed by atoms with Crippen LogP contribution in [0.5, 0.6) is 0 Å². The average molecular weight is 447 g/mol. The minimum absolute atomic E-state index is 0.0736. The normalized spacial score (nSPS) is 11.7. The molecule has 8 heteroatoms. The van der Waals surface area contributed by atoms with Crippen LogP contribution in [0.15, 0.2) is 41.1 Å². The van der Waals surface area contributed by atoms with Gasteiger partial charge in [0, 0.05) is 19.5 Å². The number of nitrogens with zero attached hydrogens (tertiary/aromatic N) is 1. The molecule has 0 fully saturated rings. The van der Waals surface area contributed by atoms with Crippen LogP contribution in [0.2, 0.25) is 0 Å². The van der Waals surface area contributed by atoms with E-state index in [0.717, 1.165) is 16.7 Å². The number of benzene rings is 1. The summed E-state index contributed by atoms with van der Waals surface area (Å²) in [6, 6.07) is 8.55. The Morgan fingerprint density at radius 3 is 2.39 bits per heavy atom. The first kappa shape index (κ1) is 24.4. The van der Waals surface area contributed by atoms with Crippen molar-refractivity contribution in [1.82, 2.24) is 10.2 Å². The lowest BCUT2D eigenvalue weighted by atomic mass is 10.0. The summed E-state index contributed by atoms with van der Waals surface area (Å²) in [7, 11) is 0. The minimum Gasteiger partial charge on any atom is -0.481 e. The van der Waals surface area contributed by atoms with Gasteiger partial charge in [0.1, 0.15) is 6.04 Å². The third kappa shape index (κ3) is 8.05. The van der Waals surface area contributed by atoms with Crippen LogP contribution in [0.25, 0.3) is 11.1 Å². The van der Waals surface area contributed by atoms with E-state index >= 15 is 0 Å². The molecule has 7 nitrogen and oxygen atoms in total. The monoisotopic (exact) mass is 446 g/mol. The molecule has 1 atom stereocenters. The molecule has 0 radical (unpaired) electrons. The molecule has 2 N–H and O–H groups in total. The highest BCUT2D eigenvalue weighted by Gasteiger charge is 2.26. The topological polar surface area (TPSA) is 95.9 Å². The Balaban J connectivity index is 2.12. The van der Waals surface area contributed by atoms with Crippen molar-refractivity contribution in [3.05, 3.63) is 46.7 Å². The lowest BCUT2D eigenvalue weighted by Crippen LogP contribution is -2.50. The Kier molecular flexibility index (Phi) is 9.52. The third-order valence-corrected chi connectivity index (χ3v) is 5.27. The lowest BCUT2D eigenvalue weighted by molar-refractivity contribution is -0.145. The number of aliphatic carboxylic acids is 1. The van der Waals surface area contributed by atoms with Crippen LogP contribution < -0.4 is 5.32 Å². The van der Waals surface area contributed by atoms with Crippen molar-refractivity contribution in [2.75, 3.05) is 19.7 Å². The van der Waals surface area contributed by atoms with E-state index in [1.54, 1.807) is 18.3 Å². The molecule has 168 valence electrons. The maximum Gasteiger partial charge on any atom is 0.329 e. The van der Waals surface area contributed by atoms with E-state index in [2.05, 4.69) is 10.7 Å². The van der Waals surface area contributed by atoms with Crippen molar-refractivity contribution in [1.29, 1.82) is 0 Å². The van der Waals surface area contributed by atoms with Crippen molar-refractivity contribution in [2.24, 2.45) is 5.92 Å². The van der Waals surface area contributed by atoms with E-state index in [4.69, 9.17) is 9.84 Å². The van der Waals surface area contributed by atoms with E-state index in [9.17, 15) is 14.4 Å². The van der Waals surface area contributed by atoms with Gasteiger partial charge in [0.15, 0.2) is 0 Å². The van der Waals surface area contributed by atoms with Gasteiger partial charge < -0.3 is 20.1 Å². The van der Waals surface area contributed by atoms with Crippen molar-refractivity contribution in [2.45, 2.75) is 39.7 Å². The zero-order valence-electron chi connectivity index (χ0n) is 18.2. The summed E-state index contributed by atoms with van der Waals surface area (Å²) in [5, 5.41) is 15.8. The van der Waals surface area contributed by atoms with Gasteiger partial charge in [0.25, 0.3) is 0 Å². The zero-order valence-corrected chi connectivity index (χ0v) is 19.0. The number of amides is 2. The fourth-order valence-electron chi connectivity index (χ4n) is 3.12. The predicted molar refractivity (Wildman–Crippen MR) is 121 cm³/mol. The Bertz CT molecular complexity index is 849. The van der Waals surface area contributed by atoms with E-state index in [1.165, 1.54) is 4.90 Å². The van der Waals surface area contributed by atoms with Crippen LogP contribution >= 0.6 is 11.3 Å². The molecule has 2 amide bonds. The molecule has 1 heterocycles. The van der Waals surface area contributed by atoms with E-state index in [0.29, 0.717) is 6.54 Å². The summed E-state index contributed by atoms with van der Waals surface area (Å²) < 4.78 is 5.15. The Morgan fingerprint density at radius 2 is 1.84 bits per heavy atom. The van der Waals surface area contributed by atoms with Crippen LogP contribution in [-0.2, 0) is 20.7 Å². The van der Waals surface area contributed by atoms with Gasteiger partial charge in [-0.2, -0.15) is 11.3 Å². The van der Waals surface area contributed by atoms with Crippen LogP contribution in [0.3, 0.4) is 0 Å². The Labute approximate surface area is 187 Å². The number of thiophene rings is 1. The largest absolute Gasteiger partial charge is 0.481 e. The highest BCUT2D eigenvalue weighted by molar-refractivity contribution is 7.08. The number of esters is 1. The van der Waals surface area contributed by atoms with Gasteiger partial charge in [-0.05, 0) is 46.4 Å². The Morgan fingerprint density at radius 1 is 1.13 bits per heavy atom. The van der Waals surface area contributed by atoms with Crippen LogP contribution in [0.1, 0.15) is 32.8 Å². The number of carboxylic acid groups (broad SMARTS) is 1. The van der Waals surface area contributed by atoms with E-state index in [1.807, 2.05) is 49.6 Å². The first-order valence-electron chi connectivity index (χ1n) is 10.4. The van der Waals surface area contributed by atoms with Gasteiger partial charge in [-0.1, -0.05) is 38.1 Å². The fourth-order valence-corrected chi connectivity index (χ4v) is 3.79. The molecule has 0 aliphatic heterocycles. The predicted octanol–water partition coefficient (Wildman–Crippen LogP) is 4.03. The summed E-state index contributed by atoms with van der Waals surface area (Å²) in [6.07, 6.45) is 0.122. The Hall–Kier alpha value is -2.87. The minimum atomic E-state index is -0.978. The number of ether oxygens (including phenoxy) is 1. The highest BCUT2D eigenvalue weighted by atomic mass is 32.1. The maximum absolute atomic E-state index is 12.8. The molecule has 0 aliphatic rings. The van der Waals surface area contributed by atoms with E-state index < -0.39 is 24.0 Å². The summed E-state index contributed by atoms with van der Waals surface area (Å²) >= 11 is 1.63. The number of carbonyl (C=O) groups excluding carboxylic acids is 2. The molecule has 2 rings (SSSR count). The molecule has 0 saturated heterocycles. The van der Waals surface area contributed by atoms with Gasteiger partial charge in [0.2, 0.25) is 0 Å². The fraction of sp³-hybridized carbons (Fsp3) is 0.435. The first-order chi connectivity index (χ1) is 14.8. The SMILES string of the molecule is CCOC(=O)[C@H](Cc1ccc(-c2ccsc2)cc1)NC(=O)N(CCC(=O)O)CC(C)C. The molecule has 1 aromatic heterocycles. The number of carboxylic acids is 1. The average Bonchev–Trinajstić information content (AvgIpc) is 3.25. The standard InChI is InChI=1S/C23H30N2O5S/c1-4-30-22(28)20(24-23(29)25(14-16(2)3)11-9-21(26)27)13-17-5-7-18(8-6-17)19-10-12-31-15-19/h5-8,10,12,15-16,20H,4,9,11,13-14H2,1-3H3,(H,24,29)(H,26,27)/t20-/m0/s1. The molecule has 0 aliphatic carbocycles. The van der Waals surface area contributed by atoms with Crippen molar-refractivity contribution in [3.63, 3.8) is 0 Å². The van der Waals surface area contributed by atoms with E-state index in [-0.39, 0.29) is 31.9 Å². The van der Waals surface area contributed by atoms with Crippen molar-refractivity contribution >= 4 is 29.3 Å². The third-order valence-electron chi connectivity index (χ3n) is 4.59. The van der Waals surface area contributed by atoms with Gasteiger partial charge in [-0.15, -0.1) is 0 Å². The second-order valence-electron chi connectivity index (χ2n) is 7.65. The zero-order chi connectivity index (χ0) is 22.8. The molecule has 1 aromatic carbocycles. The van der Waals surface area contributed by atoms with Crippen molar-refractivity contribution in [3.8, 4) is 11.1 Å². The van der Waals surface area contributed by atoms with Crippen molar-refractivity contribution < 1.29 is 24.2 Å². The summed E-state index contributed by atoms with van der Waals surface area (Å²) in [5.74, 6) is -1.33. The molecule has 0 bridgehead atoms. The molecular weight excluding hydrogens is 416 g/mol. The molecule has 0 saturated carbocycles. The van der Waals surface area contributed by atoms with Crippen LogP contribution in [0, 0.1) is 5.92 Å². The molecular formula is C23H30N2O5S. The molecule has 2 aromatic rings. The molecule has 0 spiro atoms. The number of carbonyl (C=O) groups is 3. The maximum atomic E-state index is 12.8. The number of nitrogens with one attached hydrogen (secondary N) is 1. The number of rotatable bonds is 11. The van der Waals surface area contributed by atoms with Gasteiger partial charge in [-0.3, -0.25) is 4.79 Å². The summed E-state index contributed by atoms with van der Waals surface area (Å²) in [6.45, 7) is 6.27. The van der Waals surface area contributed by atoms with Gasteiger partial charge in [-0.25, -0.2) is 9.59 Å². The van der Waals surface area contributed by atoms with Gasteiger partial charge >= 0.3 is 18.0 Å². The first-order valence-corrected chi connectivity index (χ1v) is 11.3. The molecule has 31 heavy (non-hydrogen) atoms. The number of hydrogen-bond acceptors (Lipinski definition) is 5. The smallest absolute Gasteiger partial charge is 0.329 e. The quantitative estimate of drug-likeness (QED) is 0.508. The lowest BCUT2D eigenvalue weighted by Gasteiger charge is -2.27. The summed E-state index contributed by atoms with van der Waals surface area (Å²) in [4.78, 5) is 37.7.